The van der Waals surface area contributed by atoms with Gasteiger partial charge in [-0.15, -0.1) is 0 Å². The summed E-state index contributed by atoms with van der Waals surface area (Å²) in [6.07, 6.45) is 4.36. The molecule has 0 amide bonds. The maximum Gasteiger partial charge on any atom is 0.0479 e. The Morgan fingerprint density at radius 1 is 1.04 bits per heavy atom. The third-order valence-electron chi connectivity index (χ3n) is 6.06. The van der Waals surface area contributed by atoms with E-state index < -0.39 is 0 Å². The van der Waals surface area contributed by atoms with E-state index in [1.54, 1.807) is 0 Å². The van der Waals surface area contributed by atoms with Crippen LogP contribution in [0.2, 0.25) is 0 Å². The van der Waals surface area contributed by atoms with Crippen molar-refractivity contribution in [1.29, 1.82) is 0 Å². The number of aromatic nitrogens is 1. The van der Waals surface area contributed by atoms with Crippen LogP contribution in [0.1, 0.15) is 35.7 Å². The van der Waals surface area contributed by atoms with Gasteiger partial charge in [0.25, 0.3) is 0 Å². The Balaban J connectivity index is 1.62. The highest BCUT2D eigenvalue weighted by Crippen LogP contribution is 2.36. The van der Waals surface area contributed by atoms with Crippen molar-refractivity contribution < 1.29 is 0 Å². The molecule has 0 saturated carbocycles. The summed E-state index contributed by atoms with van der Waals surface area (Å²) >= 11 is 0. The first-order chi connectivity index (χ1) is 12.8. The molecule has 4 rings (SSSR count). The Morgan fingerprint density at radius 2 is 1.85 bits per heavy atom. The Hall–Kier alpha value is -1.75. The summed E-state index contributed by atoms with van der Waals surface area (Å²) in [7, 11) is 0. The molecule has 0 spiro atoms. The minimum absolute atomic E-state index is 0.156. The Bertz CT molecular complexity index is 692. The number of hydrogen-bond donors (Lipinski definition) is 2. The van der Waals surface area contributed by atoms with Crippen LogP contribution in [0.15, 0.2) is 48.7 Å². The molecule has 1 aromatic carbocycles. The molecule has 4 heteroatoms. The predicted molar refractivity (Wildman–Crippen MR) is 106 cm³/mol. The molecule has 0 unspecified atom stereocenters. The van der Waals surface area contributed by atoms with Gasteiger partial charge in [0.1, 0.15) is 0 Å². The van der Waals surface area contributed by atoms with E-state index in [9.17, 15) is 0 Å². The number of piperidine rings is 1. The third kappa shape index (κ3) is 3.68. The van der Waals surface area contributed by atoms with Crippen LogP contribution in [-0.2, 0) is 5.41 Å². The van der Waals surface area contributed by atoms with E-state index in [0.717, 1.165) is 52.1 Å². The molecular formula is C22H30N4. The molecule has 0 radical (unpaired) electrons. The van der Waals surface area contributed by atoms with Crippen LogP contribution < -0.4 is 10.6 Å². The van der Waals surface area contributed by atoms with Gasteiger partial charge in [-0.3, -0.25) is 9.88 Å². The first kappa shape index (κ1) is 17.7. The highest BCUT2D eigenvalue weighted by Gasteiger charge is 2.39. The predicted octanol–water partition coefficient (Wildman–Crippen LogP) is 2.66. The fourth-order valence-corrected chi connectivity index (χ4v) is 4.51. The van der Waals surface area contributed by atoms with E-state index in [4.69, 9.17) is 4.98 Å². The average molecular weight is 351 g/mol. The quantitative estimate of drug-likeness (QED) is 0.889. The van der Waals surface area contributed by atoms with Crippen LogP contribution in [0.25, 0.3) is 0 Å². The monoisotopic (exact) mass is 350 g/mol. The van der Waals surface area contributed by atoms with Gasteiger partial charge in [-0.05, 0) is 50.0 Å². The number of benzene rings is 1. The molecule has 26 heavy (non-hydrogen) atoms. The van der Waals surface area contributed by atoms with E-state index in [-0.39, 0.29) is 5.41 Å². The number of aryl methyl sites for hydroxylation is 1. The van der Waals surface area contributed by atoms with E-state index in [0.29, 0.717) is 6.04 Å². The first-order valence-corrected chi connectivity index (χ1v) is 9.90. The van der Waals surface area contributed by atoms with E-state index in [1.165, 1.54) is 16.8 Å². The molecule has 3 heterocycles. The normalized spacial score (nSPS) is 23.7. The van der Waals surface area contributed by atoms with Crippen molar-refractivity contribution >= 4 is 0 Å². The standard InChI is InChI=1S/C22H30N4/c1-18-7-8-21(25-15-18)22(9-11-23-12-10-22)17-26-14-13-24-16-20(26)19-5-3-2-4-6-19/h2-8,15,20,23-24H,9-14,16-17H2,1H3/t20-/m0/s1. The van der Waals surface area contributed by atoms with Crippen molar-refractivity contribution in [3.63, 3.8) is 0 Å². The lowest BCUT2D eigenvalue weighted by molar-refractivity contribution is 0.106. The summed E-state index contributed by atoms with van der Waals surface area (Å²) < 4.78 is 0. The van der Waals surface area contributed by atoms with Crippen LogP contribution >= 0.6 is 0 Å². The number of rotatable bonds is 4. The van der Waals surface area contributed by atoms with Gasteiger partial charge in [0.05, 0.1) is 0 Å². The van der Waals surface area contributed by atoms with E-state index >= 15 is 0 Å². The first-order valence-electron chi connectivity index (χ1n) is 9.90. The lowest BCUT2D eigenvalue weighted by atomic mass is 9.74. The lowest BCUT2D eigenvalue weighted by Gasteiger charge is -2.45. The molecule has 2 fully saturated rings. The zero-order valence-corrected chi connectivity index (χ0v) is 15.7. The van der Waals surface area contributed by atoms with Gasteiger partial charge in [-0.1, -0.05) is 36.4 Å². The summed E-state index contributed by atoms with van der Waals surface area (Å²) in [6, 6.07) is 15.9. The van der Waals surface area contributed by atoms with Gasteiger partial charge in [0, 0.05) is 49.5 Å². The van der Waals surface area contributed by atoms with Crippen molar-refractivity contribution in [2.75, 3.05) is 39.3 Å². The molecule has 2 N–H and O–H groups in total. The number of nitrogens with zero attached hydrogens (tertiary/aromatic N) is 2. The molecule has 1 aromatic heterocycles. The summed E-state index contributed by atoms with van der Waals surface area (Å²) in [5.74, 6) is 0. The van der Waals surface area contributed by atoms with Crippen molar-refractivity contribution in [2.24, 2.45) is 0 Å². The van der Waals surface area contributed by atoms with Crippen molar-refractivity contribution in [1.82, 2.24) is 20.5 Å². The minimum atomic E-state index is 0.156. The van der Waals surface area contributed by atoms with Gasteiger partial charge in [0.2, 0.25) is 0 Å². The highest BCUT2D eigenvalue weighted by molar-refractivity contribution is 5.24. The summed E-state index contributed by atoms with van der Waals surface area (Å²) in [4.78, 5) is 7.56. The largest absolute Gasteiger partial charge is 0.317 e. The minimum Gasteiger partial charge on any atom is -0.317 e. The fourth-order valence-electron chi connectivity index (χ4n) is 4.51. The van der Waals surface area contributed by atoms with E-state index in [1.807, 2.05) is 6.20 Å². The summed E-state index contributed by atoms with van der Waals surface area (Å²) in [5.41, 5.74) is 4.08. The third-order valence-corrected chi connectivity index (χ3v) is 6.06. The van der Waals surface area contributed by atoms with Crippen LogP contribution in [0.5, 0.6) is 0 Å². The van der Waals surface area contributed by atoms with Crippen molar-refractivity contribution in [2.45, 2.75) is 31.2 Å². The summed E-state index contributed by atoms with van der Waals surface area (Å²) in [6.45, 7) is 8.56. The second kappa shape index (κ2) is 7.87. The zero-order chi connectivity index (χ0) is 17.8. The second-order valence-electron chi connectivity index (χ2n) is 7.85. The zero-order valence-electron chi connectivity index (χ0n) is 15.7. The number of piperazine rings is 1. The molecule has 1 atom stereocenters. The van der Waals surface area contributed by atoms with Crippen LogP contribution in [0.3, 0.4) is 0 Å². The average Bonchev–Trinajstić information content (AvgIpc) is 2.70. The molecule has 2 aromatic rings. The number of hydrogen-bond acceptors (Lipinski definition) is 4. The molecule has 2 aliphatic rings. The summed E-state index contributed by atoms with van der Waals surface area (Å²) in [5, 5.41) is 7.13. The maximum absolute atomic E-state index is 4.87. The van der Waals surface area contributed by atoms with Gasteiger partial charge in [0.15, 0.2) is 0 Å². The fraction of sp³-hybridized carbons (Fsp3) is 0.500. The van der Waals surface area contributed by atoms with Crippen LogP contribution in [0.4, 0.5) is 0 Å². The van der Waals surface area contributed by atoms with Crippen LogP contribution in [0, 0.1) is 6.92 Å². The Kier molecular flexibility index (Phi) is 5.34. The van der Waals surface area contributed by atoms with Gasteiger partial charge in [-0.2, -0.15) is 0 Å². The Morgan fingerprint density at radius 3 is 2.58 bits per heavy atom. The topological polar surface area (TPSA) is 40.2 Å². The molecule has 2 saturated heterocycles. The molecular weight excluding hydrogens is 320 g/mol. The molecule has 4 nitrogen and oxygen atoms in total. The van der Waals surface area contributed by atoms with E-state index in [2.05, 4.69) is 64.9 Å². The van der Waals surface area contributed by atoms with Crippen molar-refractivity contribution in [3.05, 3.63) is 65.5 Å². The Labute approximate surface area is 157 Å². The number of nitrogens with one attached hydrogen (secondary N) is 2. The number of pyridine rings is 1. The molecule has 2 aliphatic heterocycles. The smallest absolute Gasteiger partial charge is 0.0479 e. The molecule has 0 bridgehead atoms. The van der Waals surface area contributed by atoms with Gasteiger partial charge >= 0.3 is 0 Å². The van der Waals surface area contributed by atoms with Crippen LogP contribution in [-0.4, -0.2) is 49.2 Å². The SMILES string of the molecule is Cc1ccc(C2(CN3CCNC[C@H]3c3ccccc3)CCNCC2)nc1. The highest BCUT2D eigenvalue weighted by atomic mass is 15.2. The maximum atomic E-state index is 4.87. The van der Waals surface area contributed by atoms with Crippen molar-refractivity contribution in [3.8, 4) is 0 Å². The lowest BCUT2D eigenvalue weighted by Crippen LogP contribution is -2.53. The van der Waals surface area contributed by atoms with Gasteiger partial charge in [-0.25, -0.2) is 0 Å². The van der Waals surface area contributed by atoms with Gasteiger partial charge < -0.3 is 10.6 Å². The molecule has 138 valence electrons. The second-order valence-corrected chi connectivity index (χ2v) is 7.85. The molecule has 0 aliphatic carbocycles.